The largest absolute Gasteiger partial charge is 0.323 e. The lowest BCUT2D eigenvalue weighted by atomic mass is 10.0. The molecule has 0 aromatic heterocycles. The van der Waals surface area contributed by atoms with Crippen molar-refractivity contribution in [3.8, 4) is 0 Å². The lowest BCUT2D eigenvalue weighted by molar-refractivity contribution is -0.394. The Morgan fingerprint density at radius 1 is 1.35 bits per heavy atom. The van der Waals surface area contributed by atoms with Crippen molar-refractivity contribution in [1.29, 1.82) is 0 Å². The third kappa shape index (κ3) is 3.61. The van der Waals surface area contributed by atoms with E-state index in [9.17, 15) is 20.2 Å². The van der Waals surface area contributed by atoms with E-state index in [2.05, 4.69) is 5.10 Å². The second-order valence-electron chi connectivity index (χ2n) is 3.94. The molecule has 0 bridgehead atoms. The van der Waals surface area contributed by atoms with E-state index in [1.807, 2.05) is 6.92 Å². The molecule has 106 valence electrons. The van der Waals surface area contributed by atoms with Crippen LogP contribution in [0.4, 0.5) is 11.4 Å². The van der Waals surface area contributed by atoms with Crippen molar-refractivity contribution in [1.82, 2.24) is 0 Å². The number of benzene rings is 1. The molecule has 0 spiro atoms. The maximum absolute atomic E-state index is 11.1. The van der Waals surface area contributed by atoms with Crippen molar-refractivity contribution in [2.75, 3.05) is 0 Å². The van der Waals surface area contributed by atoms with Crippen molar-refractivity contribution >= 4 is 23.2 Å². The Morgan fingerprint density at radius 2 is 2.05 bits per heavy atom. The number of nitro benzene ring substituents is 2. The van der Waals surface area contributed by atoms with E-state index in [1.54, 1.807) is 6.08 Å². The number of nitrogens with zero attached hydrogens (tertiary/aromatic N) is 3. The highest BCUT2D eigenvalue weighted by Crippen LogP contribution is 2.29. The molecule has 20 heavy (non-hydrogen) atoms. The van der Waals surface area contributed by atoms with Gasteiger partial charge in [-0.3, -0.25) is 20.2 Å². The molecule has 0 amide bonds. The average molecular weight is 278 g/mol. The third-order valence-electron chi connectivity index (χ3n) is 2.57. The minimum Gasteiger partial charge on any atom is -0.323 e. The Morgan fingerprint density at radius 3 is 2.55 bits per heavy atom. The van der Waals surface area contributed by atoms with Crippen LogP contribution in [0, 0.1) is 20.2 Å². The third-order valence-corrected chi connectivity index (χ3v) is 2.57. The van der Waals surface area contributed by atoms with E-state index in [-0.39, 0.29) is 16.9 Å². The van der Waals surface area contributed by atoms with Gasteiger partial charge in [0.05, 0.1) is 27.7 Å². The molecule has 8 nitrogen and oxygen atoms in total. The molecule has 0 aliphatic heterocycles. The molecule has 0 aliphatic carbocycles. The van der Waals surface area contributed by atoms with Crippen molar-refractivity contribution < 1.29 is 9.85 Å². The summed E-state index contributed by atoms with van der Waals surface area (Å²) in [5, 5.41) is 25.1. The smallest absolute Gasteiger partial charge is 0.284 e. The first kappa shape index (κ1) is 15.3. The summed E-state index contributed by atoms with van der Waals surface area (Å²) >= 11 is 0. The number of hydrogen-bond acceptors (Lipinski definition) is 6. The molecular formula is C12H14N4O4. The Hall–Kier alpha value is -2.77. The van der Waals surface area contributed by atoms with Gasteiger partial charge in [-0.1, -0.05) is 19.4 Å². The van der Waals surface area contributed by atoms with Crippen LogP contribution in [0.25, 0.3) is 5.57 Å². The van der Waals surface area contributed by atoms with E-state index in [4.69, 9.17) is 5.84 Å². The minimum atomic E-state index is -0.677. The predicted octanol–water partition coefficient (Wildman–Crippen LogP) is 2.63. The summed E-state index contributed by atoms with van der Waals surface area (Å²) in [4.78, 5) is 20.4. The molecule has 0 saturated carbocycles. The standard InChI is InChI=1S/C12H14N4O4/c1-2-3-4-9(8-14-13)11-6-5-10(15(17)18)7-12(11)16(19)20/h4-8H,2-3,13H2,1H3/b9-4-,14-8+. The Kier molecular flexibility index (Phi) is 5.33. The van der Waals surface area contributed by atoms with E-state index in [1.165, 1.54) is 18.3 Å². The molecule has 0 unspecified atom stereocenters. The fourth-order valence-electron chi connectivity index (χ4n) is 1.64. The van der Waals surface area contributed by atoms with Gasteiger partial charge >= 0.3 is 0 Å². The molecule has 8 heteroatoms. The van der Waals surface area contributed by atoms with Crippen molar-refractivity contribution in [2.24, 2.45) is 10.9 Å². The monoisotopic (exact) mass is 278 g/mol. The number of rotatable bonds is 6. The van der Waals surface area contributed by atoms with Gasteiger partial charge in [0, 0.05) is 11.6 Å². The van der Waals surface area contributed by atoms with Gasteiger partial charge in [-0.25, -0.2) is 0 Å². The van der Waals surface area contributed by atoms with Gasteiger partial charge in [-0.05, 0) is 12.5 Å². The summed E-state index contributed by atoms with van der Waals surface area (Å²) in [7, 11) is 0. The van der Waals surface area contributed by atoms with E-state index >= 15 is 0 Å². The van der Waals surface area contributed by atoms with Crippen LogP contribution in [-0.4, -0.2) is 16.1 Å². The molecule has 0 aliphatic rings. The number of unbranched alkanes of at least 4 members (excludes halogenated alkanes) is 1. The maximum Gasteiger partial charge on any atom is 0.284 e. The quantitative estimate of drug-likeness (QED) is 0.370. The van der Waals surface area contributed by atoms with Crippen LogP contribution in [0.2, 0.25) is 0 Å². The number of hydrazone groups is 1. The van der Waals surface area contributed by atoms with Gasteiger partial charge in [0.1, 0.15) is 0 Å². The predicted molar refractivity (Wildman–Crippen MR) is 75.3 cm³/mol. The second kappa shape index (κ2) is 6.98. The van der Waals surface area contributed by atoms with Gasteiger partial charge in [0.15, 0.2) is 0 Å². The first-order valence-corrected chi connectivity index (χ1v) is 5.87. The van der Waals surface area contributed by atoms with Gasteiger partial charge in [-0.15, -0.1) is 0 Å². The molecule has 2 N–H and O–H groups in total. The highest BCUT2D eigenvalue weighted by molar-refractivity contribution is 6.11. The summed E-state index contributed by atoms with van der Waals surface area (Å²) in [5.74, 6) is 5.09. The van der Waals surface area contributed by atoms with Gasteiger partial charge < -0.3 is 5.84 Å². The molecule has 0 radical (unpaired) electrons. The second-order valence-corrected chi connectivity index (χ2v) is 3.94. The zero-order valence-electron chi connectivity index (χ0n) is 10.9. The van der Waals surface area contributed by atoms with Crippen LogP contribution in [0.5, 0.6) is 0 Å². The zero-order valence-corrected chi connectivity index (χ0v) is 10.9. The summed E-state index contributed by atoms with van der Waals surface area (Å²) in [6, 6.07) is 3.48. The van der Waals surface area contributed by atoms with E-state index < -0.39 is 9.85 Å². The molecule has 1 aromatic carbocycles. The lowest BCUT2D eigenvalue weighted by Gasteiger charge is -2.04. The highest BCUT2D eigenvalue weighted by atomic mass is 16.6. The van der Waals surface area contributed by atoms with Gasteiger partial charge in [-0.2, -0.15) is 5.10 Å². The fraction of sp³-hybridized carbons (Fsp3) is 0.250. The van der Waals surface area contributed by atoms with Crippen LogP contribution in [0.1, 0.15) is 25.3 Å². The molecule has 0 heterocycles. The van der Waals surface area contributed by atoms with Crippen molar-refractivity contribution in [3.05, 3.63) is 50.1 Å². The first-order chi connectivity index (χ1) is 9.51. The summed E-state index contributed by atoms with van der Waals surface area (Å²) in [5.41, 5.74) is 0.0422. The lowest BCUT2D eigenvalue weighted by Crippen LogP contribution is -1.99. The fourth-order valence-corrected chi connectivity index (χ4v) is 1.64. The van der Waals surface area contributed by atoms with Crippen LogP contribution in [0.3, 0.4) is 0 Å². The number of nitro groups is 2. The number of hydrogen-bond donors (Lipinski definition) is 1. The summed E-state index contributed by atoms with van der Waals surface area (Å²) in [6.07, 6.45) is 4.59. The summed E-state index contributed by atoms with van der Waals surface area (Å²) < 4.78 is 0. The molecule has 1 rings (SSSR count). The first-order valence-electron chi connectivity index (χ1n) is 5.87. The topological polar surface area (TPSA) is 125 Å². The normalized spacial score (nSPS) is 11.8. The Balaban J connectivity index is 3.41. The van der Waals surface area contributed by atoms with E-state index in [0.717, 1.165) is 12.5 Å². The molecule has 1 aromatic rings. The molecule has 0 fully saturated rings. The highest BCUT2D eigenvalue weighted by Gasteiger charge is 2.20. The van der Waals surface area contributed by atoms with E-state index in [0.29, 0.717) is 12.0 Å². The zero-order chi connectivity index (χ0) is 15.1. The maximum atomic E-state index is 11.1. The SMILES string of the molecule is CCC/C=C(/C=N/N)c1ccc([N+](=O)[O-])cc1[N+](=O)[O-]. The van der Waals surface area contributed by atoms with Crippen LogP contribution in [0.15, 0.2) is 29.4 Å². The number of allylic oxidation sites excluding steroid dienone is 2. The van der Waals surface area contributed by atoms with Gasteiger partial charge in [0.25, 0.3) is 11.4 Å². The molecule has 0 saturated heterocycles. The average Bonchev–Trinajstić information content (AvgIpc) is 2.42. The molecule has 0 atom stereocenters. The number of nitrogens with two attached hydrogens (primary N) is 1. The minimum absolute atomic E-state index is 0.253. The van der Waals surface area contributed by atoms with Crippen molar-refractivity contribution in [2.45, 2.75) is 19.8 Å². The van der Waals surface area contributed by atoms with Gasteiger partial charge in [0.2, 0.25) is 0 Å². The Labute approximate surface area is 114 Å². The summed E-state index contributed by atoms with van der Waals surface area (Å²) in [6.45, 7) is 1.96. The molecular weight excluding hydrogens is 264 g/mol. The van der Waals surface area contributed by atoms with Crippen LogP contribution < -0.4 is 5.84 Å². The number of non-ortho nitro benzene ring substituents is 1. The Bertz CT molecular complexity index is 581. The van der Waals surface area contributed by atoms with Crippen LogP contribution >= 0.6 is 0 Å². The van der Waals surface area contributed by atoms with Crippen LogP contribution in [-0.2, 0) is 0 Å². The van der Waals surface area contributed by atoms with Crippen molar-refractivity contribution in [3.63, 3.8) is 0 Å².